The fourth-order valence-corrected chi connectivity index (χ4v) is 3.59. The molecule has 0 unspecified atom stereocenters. The molecule has 0 amide bonds. The molecule has 0 saturated heterocycles. The molecule has 1 fully saturated rings. The lowest BCUT2D eigenvalue weighted by Gasteiger charge is -2.43. The lowest BCUT2D eigenvalue weighted by atomic mass is 9.65. The standard InChI is InChI=1S/C18H29NO/c1-13-12-15(20-5)6-7-16(13)18(19)10-8-14(9-11-18)17(2,3)4/h6-7,12,14H,8-11,19H2,1-5H3. The summed E-state index contributed by atoms with van der Waals surface area (Å²) in [6, 6.07) is 6.29. The molecular formula is C18H29NO. The predicted molar refractivity (Wildman–Crippen MR) is 85.0 cm³/mol. The maximum Gasteiger partial charge on any atom is 0.119 e. The quantitative estimate of drug-likeness (QED) is 0.868. The predicted octanol–water partition coefficient (Wildman–Crippen LogP) is 4.39. The van der Waals surface area contributed by atoms with E-state index >= 15 is 0 Å². The molecule has 1 aliphatic rings. The molecule has 0 aliphatic heterocycles. The first kappa shape index (κ1) is 15.4. The van der Waals surface area contributed by atoms with Crippen LogP contribution in [0.2, 0.25) is 0 Å². The summed E-state index contributed by atoms with van der Waals surface area (Å²) in [7, 11) is 1.71. The van der Waals surface area contributed by atoms with Gasteiger partial charge in [-0.2, -0.15) is 0 Å². The minimum absolute atomic E-state index is 0.155. The molecule has 2 rings (SSSR count). The van der Waals surface area contributed by atoms with Gasteiger partial charge in [0, 0.05) is 5.54 Å². The van der Waals surface area contributed by atoms with E-state index in [-0.39, 0.29) is 5.54 Å². The second-order valence-electron chi connectivity index (χ2n) is 7.48. The molecule has 0 heterocycles. The van der Waals surface area contributed by atoms with Crippen molar-refractivity contribution in [3.8, 4) is 5.75 Å². The average Bonchev–Trinajstić information content (AvgIpc) is 2.37. The van der Waals surface area contributed by atoms with Gasteiger partial charge in [0.15, 0.2) is 0 Å². The molecule has 0 atom stereocenters. The highest BCUT2D eigenvalue weighted by atomic mass is 16.5. The second-order valence-corrected chi connectivity index (χ2v) is 7.48. The van der Waals surface area contributed by atoms with Gasteiger partial charge in [0.05, 0.1) is 7.11 Å². The van der Waals surface area contributed by atoms with Crippen molar-refractivity contribution in [3.63, 3.8) is 0 Å². The highest BCUT2D eigenvalue weighted by molar-refractivity contribution is 5.39. The van der Waals surface area contributed by atoms with Gasteiger partial charge in [-0.3, -0.25) is 0 Å². The van der Waals surface area contributed by atoms with Crippen molar-refractivity contribution in [2.75, 3.05) is 7.11 Å². The van der Waals surface area contributed by atoms with E-state index < -0.39 is 0 Å². The topological polar surface area (TPSA) is 35.2 Å². The molecule has 2 N–H and O–H groups in total. The molecule has 1 aromatic carbocycles. The normalized spacial score (nSPS) is 27.4. The van der Waals surface area contributed by atoms with Crippen LogP contribution in [0.15, 0.2) is 18.2 Å². The van der Waals surface area contributed by atoms with Crippen LogP contribution >= 0.6 is 0 Å². The monoisotopic (exact) mass is 275 g/mol. The molecule has 0 radical (unpaired) electrons. The molecule has 1 saturated carbocycles. The lowest BCUT2D eigenvalue weighted by molar-refractivity contribution is 0.133. The van der Waals surface area contributed by atoms with E-state index in [2.05, 4.69) is 39.8 Å². The zero-order valence-corrected chi connectivity index (χ0v) is 13.6. The molecule has 1 aliphatic carbocycles. The van der Waals surface area contributed by atoms with Gasteiger partial charge in [0.25, 0.3) is 0 Å². The van der Waals surface area contributed by atoms with Gasteiger partial charge in [-0.1, -0.05) is 26.8 Å². The number of rotatable bonds is 2. The van der Waals surface area contributed by atoms with Gasteiger partial charge in [-0.15, -0.1) is 0 Å². The van der Waals surface area contributed by atoms with E-state index in [0.29, 0.717) is 5.41 Å². The number of hydrogen-bond donors (Lipinski definition) is 1. The number of benzene rings is 1. The van der Waals surface area contributed by atoms with Crippen molar-refractivity contribution in [2.24, 2.45) is 17.1 Å². The number of hydrogen-bond acceptors (Lipinski definition) is 2. The van der Waals surface area contributed by atoms with Gasteiger partial charge < -0.3 is 10.5 Å². The number of nitrogens with two attached hydrogens (primary N) is 1. The minimum Gasteiger partial charge on any atom is -0.497 e. The first-order chi connectivity index (χ1) is 9.26. The Morgan fingerprint density at radius 3 is 2.25 bits per heavy atom. The molecule has 0 spiro atoms. The van der Waals surface area contributed by atoms with Gasteiger partial charge >= 0.3 is 0 Å². The van der Waals surface area contributed by atoms with Gasteiger partial charge in [0.1, 0.15) is 5.75 Å². The molecular weight excluding hydrogens is 246 g/mol. The Morgan fingerprint density at radius 1 is 1.20 bits per heavy atom. The van der Waals surface area contributed by atoms with E-state index in [0.717, 1.165) is 24.5 Å². The molecule has 2 nitrogen and oxygen atoms in total. The summed E-state index contributed by atoms with van der Waals surface area (Å²) in [6.07, 6.45) is 4.63. The van der Waals surface area contributed by atoms with E-state index in [4.69, 9.17) is 10.5 Å². The van der Waals surface area contributed by atoms with Crippen molar-refractivity contribution in [3.05, 3.63) is 29.3 Å². The zero-order chi connectivity index (χ0) is 15.0. The van der Waals surface area contributed by atoms with Crippen LogP contribution in [0.4, 0.5) is 0 Å². The summed E-state index contributed by atoms with van der Waals surface area (Å²) < 4.78 is 5.29. The first-order valence-electron chi connectivity index (χ1n) is 7.70. The van der Waals surface area contributed by atoms with Crippen LogP contribution in [0, 0.1) is 18.3 Å². The summed E-state index contributed by atoms with van der Waals surface area (Å²) in [6.45, 7) is 9.18. The molecule has 2 heteroatoms. The average molecular weight is 275 g/mol. The van der Waals surface area contributed by atoms with Crippen LogP contribution in [-0.4, -0.2) is 7.11 Å². The van der Waals surface area contributed by atoms with Crippen molar-refractivity contribution in [1.82, 2.24) is 0 Å². The van der Waals surface area contributed by atoms with Crippen LogP contribution in [0.3, 0.4) is 0 Å². The summed E-state index contributed by atoms with van der Waals surface area (Å²) in [4.78, 5) is 0. The Balaban J connectivity index is 2.17. The highest BCUT2D eigenvalue weighted by Gasteiger charge is 2.37. The number of ether oxygens (including phenoxy) is 1. The van der Waals surface area contributed by atoms with Gasteiger partial charge in [0.2, 0.25) is 0 Å². The Hall–Kier alpha value is -1.02. The lowest BCUT2D eigenvalue weighted by Crippen LogP contribution is -2.43. The first-order valence-corrected chi connectivity index (χ1v) is 7.70. The smallest absolute Gasteiger partial charge is 0.119 e. The third-order valence-corrected chi connectivity index (χ3v) is 5.07. The van der Waals surface area contributed by atoms with Crippen LogP contribution in [-0.2, 0) is 5.54 Å². The molecule has 20 heavy (non-hydrogen) atoms. The van der Waals surface area contributed by atoms with E-state index in [1.165, 1.54) is 24.0 Å². The zero-order valence-electron chi connectivity index (χ0n) is 13.6. The van der Waals surface area contributed by atoms with Crippen molar-refractivity contribution in [2.45, 2.75) is 58.9 Å². The Morgan fingerprint density at radius 2 is 1.80 bits per heavy atom. The summed E-state index contributed by atoms with van der Waals surface area (Å²) >= 11 is 0. The van der Waals surface area contributed by atoms with Crippen molar-refractivity contribution < 1.29 is 4.74 Å². The van der Waals surface area contributed by atoms with E-state index in [1.54, 1.807) is 7.11 Å². The maximum absolute atomic E-state index is 6.74. The van der Waals surface area contributed by atoms with Crippen molar-refractivity contribution >= 4 is 0 Å². The third kappa shape index (κ3) is 3.01. The van der Waals surface area contributed by atoms with Gasteiger partial charge in [-0.25, -0.2) is 0 Å². The molecule has 0 bridgehead atoms. The van der Waals surface area contributed by atoms with Crippen molar-refractivity contribution in [1.29, 1.82) is 0 Å². The second kappa shape index (κ2) is 5.40. The summed E-state index contributed by atoms with van der Waals surface area (Å²) in [5, 5.41) is 0. The van der Waals surface area contributed by atoms with Crippen LogP contribution in [0.1, 0.15) is 57.6 Å². The summed E-state index contributed by atoms with van der Waals surface area (Å²) in [5.41, 5.74) is 9.53. The number of methoxy groups -OCH3 is 1. The Labute approximate surface area is 123 Å². The Bertz CT molecular complexity index is 465. The summed E-state index contributed by atoms with van der Waals surface area (Å²) in [5.74, 6) is 1.70. The molecule has 112 valence electrons. The molecule has 1 aromatic rings. The SMILES string of the molecule is COc1ccc(C2(N)CCC(C(C)(C)C)CC2)c(C)c1. The third-order valence-electron chi connectivity index (χ3n) is 5.07. The van der Waals surface area contributed by atoms with E-state index in [9.17, 15) is 0 Å². The van der Waals surface area contributed by atoms with Gasteiger partial charge in [-0.05, 0) is 67.2 Å². The van der Waals surface area contributed by atoms with Crippen LogP contribution in [0.5, 0.6) is 5.75 Å². The minimum atomic E-state index is -0.155. The largest absolute Gasteiger partial charge is 0.497 e. The number of aryl methyl sites for hydroxylation is 1. The molecule has 0 aromatic heterocycles. The fraction of sp³-hybridized carbons (Fsp3) is 0.667. The maximum atomic E-state index is 6.74. The Kier molecular flexibility index (Phi) is 4.15. The highest BCUT2D eigenvalue weighted by Crippen LogP contribution is 2.45. The fourth-order valence-electron chi connectivity index (χ4n) is 3.59. The van der Waals surface area contributed by atoms with Crippen LogP contribution in [0.25, 0.3) is 0 Å². The van der Waals surface area contributed by atoms with E-state index in [1.807, 2.05) is 6.07 Å². The van der Waals surface area contributed by atoms with Crippen LogP contribution < -0.4 is 10.5 Å².